The van der Waals surface area contributed by atoms with E-state index in [1.54, 1.807) is 6.07 Å². The van der Waals surface area contributed by atoms with Gasteiger partial charge in [0.15, 0.2) is 0 Å². The predicted molar refractivity (Wildman–Crippen MR) is 84.5 cm³/mol. The first kappa shape index (κ1) is 15.2. The second-order valence-corrected chi connectivity index (χ2v) is 5.37. The summed E-state index contributed by atoms with van der Waals surface area (Å²) < 4.78 is 5.71. The van der Waals surface area contributed by atoms with E-state index in [2.05, 4.69) is 6.92 Å². The molecule has 2 aromatic rings. The first-order chi connectivity index (χ1) is 9.61. The van der Waals surface area contributed by atoms with Gasteiger partial charge in [-0.3, -0.25) is 0 Å². The van der Waals surface area contributed by atoms with Crippen molar-refractivity contribution in [1.29, 1.82) is 0 Å². The number of nitrogens with two attached hydrogens (primary N) is 1. The largest absolute Gasteiger partial charge is 0.489 e. The van der Waals surface area contributed by atoms with Crippen molar-refractivity contribution >= 4 is 23.2 Å². The SMILES string of the molecule is CCC(N)c1ccc(OCc2cccc(Cl)c2Cl)cc1. The first-order valence-electron chi connectivity index (χ1n) is 6.53. The topological polar surface area (TPSA) is 35.2 Å². The third kappa shape index (κ3) is 3.66. The number of hydrogen-bond donors (Lipinski definition) is 1. The number of rotatable bonds is 5. The van der Waals surface area contributed by atoms with Crippen molar-refractivity contribution < 1.29 is 4.74 Å². The van der Waals surface area contributed by atoms with Gasteiger partial charge < -0.3 is 10.5 Å². The number of ether oxygens (including phenoxy) is 1. The van der Waals surface area contributed by atoms with Crippen LogP contribution in [-0.2, 0) is 6.61 Å². The van der Waals surface area contributed by atoms with Gasteiger partial charge in [0.2, 0.25) is 0 Å². The van der Waals surface area contributed by atoms with Gasteiger partial charge in [0, 0.05) is 11.6 Å². The normalized spacial score (nSPS) is 12.2. The Bertz CT molecular complexity index is 569. The van der Waals surface area contributed by atoms with Crippen molar-refractivity contribution in [3.63, 3.8) is 0 Å². The molecule has 1 unspecified atom stereocenters. The van der Waals surface area contributed by atoms with E-state index < -0.39 is 0 Å². The molecule has 0 radical (unpaired) electrons. The van der Waals surface area contributed by atoms with Crippen LogP contribution in [0, 0.1) is 0 Å². The molecule has 2 nitrogen and oxygen atoms in total. The van der Waals surface area contributed by atoms with E-state index >= 15 is 0 Å². The van der Waals surface area contributed by atoms with Crippen LogP contribution in [0.5, 0.6) is 5.75 Å². The molecule has 2 N–H and O–H groups in total. The van der Waals surface area contributed by atoms with Crippen molar-refractivity contribution in [1.82, 2.24) is 0 Å². The summed E-state index contributed by atoms with van der Waals surface area (Å²) in [5.41, 5.74) is 7.95. The van der Waals surface area contributed by atoms with Gasteiger partial charge in [0.25, 0.3) is 0 Å². The molecule has 0 bridgehead atoms. The molecule has 0 aromatic heterocycles. The Kier molecular flexibility index (Phi) is 5.30. The van der Waals surface area contributed by atoms with Crippen molar-refractivity contribution in [3.05, 3.63) is 63.6 Å². The summed E-state index contributed by atoms with van der Waals surface area (Å²) in [5, 5.41) is 1.08. The van der Waals surface area contributed by atoms with Gasteiger partial charge in [-0.2, -0.15) is 0 Å². The smallest absolute Gasteiger partial charge is 0.119 e. The van der Waals surface area contributed by atoms with Crippen molar-refractivity contribution in [2.75, 3.05) is 0 Å². The minimum absolute atomic E-state index is 0.0754. The maximum atomic E-state index is 6.12. The summed E-state index contributed by atoms with van der Waals surface area (Å²) in [5.74, 6) is 0.785. The van der Waals surface area contributed by atoms with Crippen molar-refractivity contribution in [2.45, 2.75) is 26.0 Å². The highest BCUT2D eigenvalue weighted by Gasteiger charge is 2.06. The van der Waals surface area contributed by atoms with Gasteiger partial charge in [0.05, 0.1) is 10.0 Å². The standard InChI is InChI=1S/C16H17Cl2NO/c1-2-15(19)11-6-8-13(9-7-11)20-10-12-4-3-5-14(17)16(12)18/h3-9,15H,2,10,19H2,1H3. The highest BCUT2D eigenvalue weighted by Crippen LogP contribution is 2.27. The minimum atomic E-state index is 0.0754. The lowest BCUT2D eigenvalue weighted by atomic mass is 10.1. The summed E-state index contributed by atoms with van der Waals surface area (Å²) in [7, 11) is 0. The van der Waals surface area contributed by atoms with Gasteiger partial charge in [-0.25, -0.2) is 0 Å². The van der Waals surface area contributed by atoms with Crippen LogP contribution in [0.15, 0.2) is 42.5 Å². The fourth-order valence-corrected chi connectivity index (χ4v) is 2.24. The molecule has 2 rings (SSSR count). The van der Waals surface area contributed by atoms with Crippen LogP contribution < -0.4 is 10.5 Å². The average molecular weight is 310 g/mol. The van der Waals surface area contributed by atoms with Gasteiger partial charge in [0.1, 0.15) is 12.4 Å². The molecule has 20 heavy (non-hydrogen) atoms. The number of halogens is 2. The molecule has 0 saturated carbocycles. The lowest BCUT2D eigenvalue weighted by molar-refractivity contribution is 0.306. The molecule has 0 heterocycles. The third-order valence-corrected chi connectivity index (χ3v) is 4.03. The zero-order valence-corrected chi connectivity index (χ0v) is 12.8. The van der Waals surface area contributed by atoms with E-state index in [-0.39, 0.29) is 6.04 Å². The number of benzene rings is 2. The highest BCUT2D eigenvalue weighted by atomic mass is 35.5. The van der Waals surface area contributed by atoms with Crippen LogP contribution in [0.3, 0.4) is 0 Å². The van der Waals surface area contributed by atoms with Crippen LogP contribution in [0.4, 0.5) is 0 Å². The third-order valence-electron chi connectivity index (χ3n) is 3.17. The fraction of sp³-hybridized carbons (Fsp3) is 0.250. The van der Waals surface area contributed by atoms with Gasteiger partial charge in [-0.15, -0.1) is 0 Å². The van der Waals surface area contributed by atoms with Gasteiger partial charge >= 0.3 is 0 Å². The molecule has 0 amide bonds. The molecule has 0 aliphatic heterocycles. The van der Waals surface area contributed by atoms with E-state index in [0.717, 1.165) is 23.3 Å². The average Bonchev–Trinajstić information content (AvgIpc) is 2.48. The van der Waals surface area contributed by atoms with Crippen molar-refractivity contribution in [3.8, 4) is 5.75 Å². The Morgan fingerprint density at radius 3 is 2.45 bits per heavy atom. The number of hydrogen-bond acceptors (Lipinski definition) is 2. The quantitative estimate of drug-likeness (QED) is 0.845. The fourth-order valence-electron chi connectivity index (χ4n) is 1.87. The van der Waals surface area contributed by atoms with E-state index in [1.165, 1.54) is 0 Å². The molecule has 0 aliphatic carbocycles. The molecule has 1 atom stereocenters. The Labute approximate surface area is 129 Å². The van der Waals surface area contributed by atoms with Gasteiger partial charge in [-0.1, -0.05) is 54.4 Å². The summed E-state index contributed by atoms with van der Waals surface area (Å²) in [6, 6.07) is 13.4. The van der Waals surface area contributed by atoms with Crippen LogP contribution in [0.25, 0.3) is 0 Å². The summed E-state index contributed by atoms with van der Waals surface area (Å²) in [6.07, 6.45) is 0.915. The summed E-state index contributed by atoms with van der Waals surface area (Å²) in [6.45, 7) is 2.45. The second kappa shape index (κ2) is 6.98. The molecule has 4 heteroatoms. The maximum Gasteiger partial charge on any atom is 0.119 e. The van der Waals surface area contributed by atoms with Crippen LogP contribution in [0.2, 0.25) is 10.0 Å². The highest BCUT2D eigenvalue weighted by molar-refractivity contribution is 6.42. The lowest BCUT2D eigenvalue weighted by Gasteiger charge is -2.11. The van der Waals surface area contributed by atoms with E-state index in [1.807, 2.05) is 36.4 Å². The first-order valence-corrected chi connectivity index (χ1v) is 7.28. The molecule has 0 fully saturated rings. The van der Waals surface area contributed by atoms with E-state index in [0.29, 0.717) is 16.7 Å². The van der Waals surface area contributed by atoms with E-state index in [4.69, 9.17) is 33.7 Å². The zero-order chi connectivity index (χ0) is 14.5. The van der Waals surface area contributed by atoms with Crippen molar-refractivity contribution in [2.24, 2.45) is 5.73 Å². The Hall–Kier alpha value is -1.22. The molecule has 0 saturated heterocycles. The Morgan fingerprint density at radius 2 is 1.80 bits per heavy atom. The van der Waals surface area contributed by atoms with Crippen LogP contribution in [0.1, 0.15) is 30.5 Å². The molecule has 2 aromatic carbocycles. The zero-order valence-electron chi connectivity index (χ0n) is 11.3. The molecule has 0 spiro atoms. The van der Waals surface area contributed by atoms with Crippen LogP contribution >= 0.6 is 23.2 Å². The van der Waals surface area contributed by atoms with Gasteiger partial charge in [-0.05, 0) is 30.2 Å². The maximum absolute atomic E-state index is 6.12. The van der Waals surface area contributed by atoms with Crippen LogP contribution in [-0.4, -0.2) is 0 Å². The molecule has 106 valence electrons. The summed E-state index contributed by atoms with van der Waals surface area (Å²) in [4.78, 5) is 0. The van der Waals surface area contributed by atoms with E-state index in [9.17, 15) is 0 Å². The Balaban J connectivity index is 2.02. The minimum Gasteiger partial charge on any atom is -0.489 e. The molecule has 0 aliphatic rings. The monoisotopic (exact) mass is 309 g/mol. The lowest BCUT2D eigenvalue weighted by Crippen LogP contribution is -2.08. The Morgan fingerprint density at radius 1 is 1.10 bits per heavy atom. The molecular formula is C16H17Cl2NO. The summed E-state index contributed by atoms with van der Waals surface area (Å²) >= 11 is 12.1. The molecular weight excluding hydrogens is 293 g/mol. The second-order valence-electron chi connectivity index (χ2n) is 4.59. The predicted octanol–water partition coefficient (Wildman–Crippen LogP) is 4.98.